The zero-order chi connectivity index (χ0) is 15.4. The molecule has 3 rings (SSSR count). The maximum absolute atomic E-state index is 12.3. The van der Waals surface area contributed by atoms with Crippen LogP contribution in [-0.4, -0.2) is 16.7 Å². The second-order valence-corrected chi connectivity index (χ2v) is 5.15. The Bertz CT molecular complexity index is 717. The van der Waals surface area contributed by atoms with Crippen molar-refractivity contribution in [2.45, 2.75) is 12.2 Å². The van der Waals surface area contributed by atoms with Crippen molar-refractivity contribution in [1.82, 2.24) is 0 Å². The van der Waals surface area contributed by atoms with E-state index < -0.39 is 5.79 Å². The Kier molecular flexibility index (Phi) is 3.90. The van der Waals surface area contributed by atoms with E-state index in [1.54, 1.807) is 36.4 Å². The standard InChI is InChI=1S/C19H16O3/c20-18(15-7-3-1-4-8-15)16-11-13-19(21,14-12-16)22-17-9-5-2-6-10-17/h1-13,21H,14H2. The van der Waals surface area contributed by atoms with Gasteiger partial charge in [-0.15, -0.1) is 0 Å². The van der Waals surface area contributed by atoms with Crippen LogP contribution in [0.5, 0.6) is 5.75 Å². The third-order valence-corrected chi connectivity index (χ3v) is 3.47. The van der Waals surface area contributed by atoms with Gasteiger partial charge in [0.05, 0.1) is 0 Å². The summed E-state index contributed by atoms with van der Waals surface area (Å²) in [7, 11) is 0. The van der Waals surface area contributed by atoms with Crippen molar-refractivity contribution in [1.29, 1.82) is 0 Å². The molecule has 0 radical (unpaired) electrons. The molecule has 0 amide bonds. The van der Waals surface area contributed by atoms with E-state index in [1.807, 2.05) is 36.4 Å². The summed E-state index contributed by atoms with van der Waals surface area (Å²) in [5.74, 6) is -0.888. The summed E-state index contributed by atoms with van der Waals surface area (Å²) in [5.41, 5.74) is 1.19. The van der Waals surface area contributed by atoms with Crippen molar-refractivity contribution in [2.24, 2.45) is 0 Å². The van der Waals surface area contributed by atoms with E-state index in [4.69, 9.17) is 4.74 Å². The molecular weight excluding hydrogens is 276 g/mol. The van der Waals surface area contributed by atoms with Crippen LogP contribution in [0, 0.1) is 0 Å². The van der Waals surface area contributed by atoms with Crippen LogP contribution < -0.4 is 4.74 Å². The maximum Gasteiger partial charge on any atom is 0.231 e. The Hall–Kier alpha value is -2.65. The third-order valence-electron chi connectivity index (χ3n) is 3.47. The van der Waals surface area contributed by atoms with E-state index in [9.17, 15) is 9.90 Å². The number of allylic oxidation sites excluding steroid dienone is 2. The molecule has 1 aliphatic carbocycles. The van der Waals surface area contributed by atoms with E-state index in [-0.39, 0.29) is 12.2 Å². The number of hydrogen-bond donors (Lipinski definition) is 1. The van der Waals surface area contributed by atoms with Crippen molar-refractivity contribution >= 4 is 5.78 Å². The highest BCUT2D eigenvalue weighted by atomic mass is 16.6. The Labute approximate surface area is 129 Å². The molecule has 110 valence electrons. The van der Waals surface area contributed by atoms with Crippen LogP contribution in [0.2, 0.25) is 0 Å². The molecule has 2 aromatic rings. The lowest BCUT2D eigenvalue weighted by molar-refractivity contribution is -0.0920. The summed E-state index contributed by atoms with van der Waals surface area (Å²) >= 11 is 0. The predicted octanol–water partition coefficient (Wildman–Crippen LogP) is 3.52. The molecule has 1 unspecified atom stereocenters. The van der Waals surface area contributed by atoms with Crippen LogP contribution in [0.4, 0.5) is 0 Å². The summed E-state index contributed by atoms with van der Waals surface area (Å²) < 4.78 is 5.59. The first-order valence-electron chi connectivity index (χ1n) is 7.12. The summed E-state index contributed by atoms with van der Waals surface area (Å²) in [6.07, 6.45) is 5.07. The summed E-state index contributed by atoms with van der Waals surface area (Å²) in [4.78, 5) is 12.3. The highest BCUT2D eigenvalue weighted by molar-refractivity contribution is 6.10. The zero-order valence-corrected chi connectivity index (χ0v) is 12.0. The summed E-state index contributed by atoms with van der Waals surface area (Å²) in [5, 5.41) is 10.4. The van der Waals surface area contributed by atoms with Crippen molar-refractivity contribution in [3.8, 4) is 5.75 Å². The van der Waals surface area contributed by atoms with Crippen LogP contribution in [-0.2, 0) is 0 Å². The molecule has 0 saturated carbocycles. The fourth-order valence-electron chi connectivity index (χ4n) is 2.31. The minimum atomic E-state index is -1.41. The van der Waals surface area contributed by atoms with Crippen LogP contribution >= 0.6 is 0 Å². The molecular formula is C19H16O3. The Morgan fingerprint density at radius 3 is 2.23 bits per heavy atom. The molecule has 0 heterocycles. The fraction of sp³-hybridized carbons (Fsp3) is 0.105. The van der Waals surface area contributed by atoms with Crippen LogP contribution in [0.1, 0.15) is 16.8 Å². The molecule has 1 N–H and O–H groups in total. The van der Waals surface area contributed by atoms with E-state index in [1.165, 1.54) is 6.08 Å². The second-order valence-electron chi connectivity index (χ2n) is 5.15. The normalized spacial score (nSPS) is 20.3. The summed E-state index contributed by atoms with van der Waals surface area (Å²) in [6, 6.07) is 18.2. The highest BCUT2D eigenvalue weighted by Crippen LogP contribution is 2.26. The molecule has 3 nitrogen and oxygen atoms in total. The van der Waals surface area contributed by atoms with Crippen molar-refractivity contribution in [3.63, 3.8) is 0 Å². The topological polar surface area (TPSA) is 46.5 Å². The Morgan fingerprint density at radius 2 is 1.64 bits per heavy atom. The minimum absolute atomic E-state index is 0.0568. The number of Topliss-reactive ketones (excluding diaryl/α,β-unsaturated/α-hetero) is 1. The molecule has 2 aromatic carbocycles. The van der Waals surface area contributed by atoms with Gasteiger partial charge in [-0.3, -0.25) is 4.79 Å². The first-order chi connectivity index (χ1) is 10.7. The molecule has 3 heteroatoms. The Morgan fingerprint density at radius 1 is 1.00 bits per heavy atom. The van der Waals surface area contributed by atoms with E-state index in [0.29, 0.717) is 16.9 Å². The average Bonchev–Trinajstić information content (AvgIpc) is 2.56. The second kappa shape index (κ2) is 6.00. The molecule has 0 aliphatic heterocycles. The first-order valence-corrected chi connectivity index (χ1v) is 7.12. The molecule has 0 bridgehead atoms. The smallest absolute Gasteiger partial charge is 0.231 e. The molecule has 1 atom stereocenters. The van der Waals surface area contributed by atoms with Gasteiger partial charge < -0.3 is 9.84 Å². The fourth-order valence-corrected chi connectivity index (χ4v) is 2.31. The zero-order valence-electron chi connectivity index (χ0n) is 12.0. The number of hydrogen-bond acceptors (Lipinski definition) is 3. The molecule has 0 spiro atoms. The number of rotatable bonds is 4. The van der Waals surface area contributed by atoms with Gasteiger partial charge in [0, 0.05) is 17.6 Å². The van der Waals surface area contributed by atoms with E-state index in [2.05, 4.69) is 0 Å². The first kappa shape index (κ1) is 14.3. The number of carbonyl (C=O) groups is 1. The molecule has 1 aliphatic rings. The van der Waals surface area contributed by atoms with Crippen molar-refractivity contribution in [2.75, 3.05) is 0 Å². The van der Waals surface area contributed by atoms with Crippen molar-refractivity contribution < 1.29 is 14.6 Å². The van der Waals surface area contributed by atoms with Gasteiger partial charge in [-0.1, -0.05) is 54.6 Å². The lowest BCUT2D eigenvalue weighted by Gasteiger charge is -2.27. The highest BCUT2D eigenvalue weighted by Gasteiger charge is 2.28. The average molecular weight is 292 g/mol. The van der Waals surface area contributed by atoms with Crippen molar-refractivity contribution in [3.05, 3.63) is 90.0 Å². The number of aliphatic hydroxyl groups is 1. The molecule has 22 heavy (non-hydrogen) atoms. The number of carbonyl (C=O) groups excluding carboxylic acids is 1. The quantitative estimate of drug-likeness (QED) is 0.692. The largest absolute Gasteiger partial charge is 0.459 e. The van der Waals surface area contributed by atoms with Gasteiger partial charge in [0.2, 0.25) is 5.79 Å². The SMILES string of the molecule is O=C(C1=CCC(O)(Oc2ccccc2)C=C1)c1ccccc1. The predicted molar refractivity (Wildman–Crippen MR) is 84.6 cm³/mol. The van der Waals surface area contributed by atoms with Gasteiger partial charge in [-0.2, -0.15) is 0 Å². The number of ketones is 1. The lowest BCUT2D eigenvalue weighted by Crippen LogP contribution is -2.34. The van der Waals surface area contributed by atoms with Gasteiger partial charge in [0.25, 0.3) is 0 Å². The molecule has 0 fully saturated rings. The van der Waals surface area contributed by atoms with Crippen LogP contribution in [0.3, 0.4) is 0 Å². The van der Waals surface area contributed by atoms with Gasteiger partial charge >= 0.3 is 0 Å². The number of ether oxygens (including phenoxy) is 1. The number of benzene rings is 2. The number of para-hydroxylation sites is 1. The lowest BCUT2D eigenvalue weighted by atomic mass is 9.95. The minimum Gasteiger partial charge on any atom is -0.459 e. The molecule has 0 saturated heterocycles. The Balaban J connectivity index is 1.72. The maximum atomic E-state index is 12.3. The van der Waals surface area contributed by atoms with E-state index >= 15 is 0 Å². The van der Waals surface area contributed by atoms with Crippen LogP contribution in [0.15, 0.2) is 84.5 Å². The summed E-state index contributed by atoms with van der Waals surface area (Å²) in [6.45, 7) is 0. The van der Waals surface area contributed by atoms with Gasteiger partial charge in [0.1, 0.15) is 5.75 Å². The van der Waals surface area contributed by atoms with Crippen LogP contribution in [0.25, 0.3) is 0 Å². The van der Waals surface area contributed by atoms with E-state index in [0.717, 1.165) is 0 Å². The van der Waals surface area contributed by atoms with Gasteiger partial charge in [0.15, 0.2) is 5.78 Å². The van der Waals surface area contributed by atoms with Gasteiger partial charge in [-0.05, 0) is 24.3 Å². The molecule has 0 aromatic heterocycles. The third kappa shape index (κ3) is 3.15. The van der Waals surface area contributed by atoms with Gasteiger partial charge in [-0.25, -0.2) is 0 Å². The monoisotopic (exact) mass is 292 g/mol.